The van der Waals surface area contributed by atoms with Crippen LogP contribution in [-0.4, -0.2) is 45.2 Å². The van der Waals surface area contributed by atoms with E-state index in [1.807, 2.05) is 54.6 Å². The summed E-state index contributed by atoms with van der Waals surface area (Å²) in [6.45, 7) is 6.39. The summed E-state index contributed by atoms with van der Waals surface area (Å²) in [5.41, 5.74) is 4.48. The van der Waals surface area contributed by atoms with E-state index < -0.39 is 5.97 Å². The lowest BCUT2D eigenvalue weighted by molar-refractivity contribution is -0.142. The van der Waals surface area contributed by atoms with Gasteiger partial charge in [-0.1, -0.05) is 54.1 Å². The van der Waals surface area contributed by atoms with Crippen molar-refractivity contribution in [3.63, 3.8) is 0 Å². The van der Waals surface area contributed by atoms with E-state index in [9.17, 15) is 9.90 Å². The Balaban J connectivity index is 1.11. The molecule has 1 atom stereocenters. The molecule has 41 heavy (non-hydrogen) atoms. The number of nitrogens with zero attached hydrogens (tertiary/aromatic N) is 3. The molecule has 1 unspecified atom stereocenters. The van der Waals surface area contributed by atoms with E-state index in [1.54, 1.807) is 0 Å². The number of fused-ring (bicyclic) bond motifs is 1. The Morgan fingerprint density at radius 1 is 1.02 bits per heavy atom. The van der Waals surface area contributed by atoms with Gasteiger partial charge in [-0.15, -0.1) is 0 Å². The first-order chi connectivity index (χ1) is 20.0. The summed E-state index contributed by atoms with van der Waals surface area (Å²) in [7, 11) is 0. The number of halogens is 1. The number of rotatable bonds is 13. The zero-order valence-electron chi connectivity index (χ0n) is 23.8. The van der Waals surface area contributed by atoms with Crippen LogP contribution in [0.15, 0.2) is 72.8 Å². The predicted molar refractivity (Wildman–Crippen MR) is 165 cm³/mol. The molecular formula is C34H40ClN3O3. The lowest BCUT2D eigenvalue weighted by Crippen LogP contribution is -2.36. The maximum atomic E-state index is 11.9. The molecular weight excluding hydrogens is 534 g/mol. The van der Waals surface area contributed by atoms with E-state index in [0.717, 1.165) is 60.8 Å². The Kier molecular flexibility index (Phi) is 9.97. The van der Waals surface area contributed by atoms with Gasteiger partial charge in [0.25, 0.3) is 0 Å². The molecule has 7 heteroatoms. The van der Waals surface area contributed by atoms with Gasteiger partial charge in [-0.25, -0.2) is 4.98 Å². The molecule has 0 bridgehead atoms. The van der Waals surface area contributed by atoms with Crippen LogP contribution in [0.3, 0.4) is 0 Å². The second-order valence-electron chi connectivity index (χ2n) is 11.3. The number of carboxylic acids is 1. The third kappa shape index (κ3) is 7.90. The zero-order chi connectivity index (χ0) is 28.6. The van der Waals surface area contributed by atoms with Crippen LogP contribution in [0.2, 0.25) is 5.02 Å². The van der Waals surface area contributed by atoms with Crippen molar-refractivity contribution in [2.45, 2.75) is 58.6 Å². The molecule has 4 aromatic rings. The quantitative estimate of drug-likeness (QED) is 0.180. The van der Waals surface area contributed by atoms with Crippen LogP contribution in [0.25, 0.3) is 11.0 Å². The number of aliphatic carboxylic acids is 1. The molecule has 1 aliphatic rings. The van der Waals surface area contributed by atoms with E-state index >= 15 is 0 Å². The second-order valence-corrected chi connectivity index (χ2v) is 11.7. The van der Waals surface area contributed by atoms with Crippen LogP contribution in [0.5, 0.6) is 5.75 Å². The van der Waals surface area contributed by atoms with Crippen LogP contribution in [0.1, 0.15) is 49.1 Å². The minimum Gasteiger partial charge on any atom is -0.486 e. The number of hydrogen-bond acceptors (Lipinski definition) is 4. The summed E-state index contributed by atoms with van der Waals surface area (Å²) in [5.74, 6) is 1.41. The Hall–Kier alpha value is -3.35. The van der Waals surface area contributed by atoms with Gasteiger partial charge < -0.3 is 19.3 Å². The molecule has 2 heterocycles. The van der Waals surface area contributed by atoms with Gasteiger partial charge in [0.15, 0.2) is 0 Å². The number of carbonyl (C=O) groups is 1. The number of ether oxygens (including phenoxy) is 1. The SMILES string of the molecule is Cc1cccc2c1nc(COc1ccc(Cl)cc1)n2CCCC1CCN(CCC(Cc2ccccc2)C(=O)O)CC1. The van der Waals surface area contributed by atoms with E-state index in [4.69, 9.17) is 21.3 Å². The summed E-state index contributed by atoms with van der Waals surface area (Å²) in [4.78, 5) is 19.3. The van der Waals surface area contributed by atoms with Crippen LogP contribution < -0.4 is 4.74 Å². The fourth-order valence-corrected chi connectivity index (χ4v) is 6.09. The first kappa shape index (κ1) is 29.2. The highest BCUT2D eigenvalue weighted by molar-refractivity contribution is 6.30. The smallest absolute Gasteiger partial charge is 0.306 e. The minimum atomic E-state index is -0.691. The Labute approximate surface area is 247 Å². The van der Waals surface area contributed by atoms with E-state index in [-0.39, 0.29) is 5.92 Å². The lowest BCUT2D eigenvalue weighted by atomic mass is 9.91. The summed E-state index contributed by atoms with van der Waals surface area (Å²) in [6, 6.07) is 23.8. The van der Waals surface area contributed by atoms with Crippen molar-refractivity contribution in [2.24, 2.45) is 11.8 Å². The highest BCUT2D eigenvalue weighted by Gasteiger charge is 2.23. The van der Waals surface area contributed by atoms with Crippen molar-refractivity contribution in [3.8, 4) is 5.75 Å². The molecule has 1 aliphatic heterocycles. The van der Waals surface area contributed by atoms with Crippen molar-refractivity contribution in [2.75, 3.05) is 19.6 Å². The molecule has 1 aromatic heterocycles. The number of carboxylic acid groups (broad SMARTS) is 1. The van der Waals surface area contributed by atoms with E-state index in [1.165, 1.54) is 24.8 Å². The van der Waals surface area contributed by atoms with Crippen molar-refractivity contribution >= 4 is 28.6 Å². The second kappa shape index (κ2) is 14.0. The number of hydrogen-bond donors (Lipinski definition) is 1. The number of imidazole rings is 1. The molecule has 0 radical (unpaired) electrons. The Morgan fingerprint density at radius 2 is 1.78 bits per heavy atom. The van der Waals surface area contributed by atoms with Crippen LogP contribution in [0.4, 0.5) is 0 Å². The highest BCUT2D eigenvalue weighted by atomic mass is 35.5. The van der Waals surface area contributed by atoms with E-state index in [0.29, 0.717) is 30.4 Å². The van der Waals surface area contributed by atoms with Gasteiger partial charge in [-0.05, 0) is 112 Å². The van der Waals surface area contributed by atoms with Crippen molar-refractivity contribution in [3.05, 3.63) is 94.8 Å². The van der Waals surface area contributed by atoms with Crippen LogP contribution in [0, 0.1) is 18.8 Å². The average Bonchev–Trinajstić information content (AvgIpc) is 3.34. The largest absolute Gasteiger partial charge is 0.486 e. The van der Waals surface area contributed by atoms with Crippen LogP contribution >= 0.6 is 11.6 Å². The topological polar surface area (TPSA) is 67.6 Å². The molecule has 216 valence electrons. The van der Waals surface area contributed by atoms with Crippen LogP contribution in [-0.2, 0) is 24.4 Å². The molecule has 0 spiro atoms. The molecule has 5 rings (SSSR count). The Morgan fingerprint density at radius 3 is 2.51 bits per heavy atom. The fraction of sp³-hybridized carbons (Fsp3) is 0.412. The van der Waals surface area contributed by atoms with E-state index in [2.05, 4.69) is 34.6 Å². The summed E-state index contributed by atoms with van der Waals surface area (Å²) in [6.07, 6.45) is 5.92. The predicted octanol–water partition coefficient (Wildman–Crippen LogP) is 7.40. The first-order valence-electron chi connectivity index (χ1n) is 14.8. The van der Waals surface area contributed by atoms with Gasteiger partial charge in [-0.3, -0.25) is 4.79 Å². The van der Waals surface area contributed by atoms with Gasteiger partial charge in [0.05, 0.1) is 17.0 Å². The maximum absolute atomic E-state index is 11.9. The maximum Gasteiger partial charge on any atom is 0.306 e. The molecule has 3 aromatic carbocycles. The van der Waals surface area contributed by atoms with Crippen molar-refractivity contribution in [1.82, 2.24) is 14.5 Å². The number of benzene rings is 3. The minimum absolute atomic E-state index is 0.332. The number of piperidine rings is 1. The third-order valence-corrected chi connectivity index (χ3v) is 8.66. The highest BCUT2D eigenvalue weighted by Crippen LogP contribution is 2.26. The van der Waals surface area contributed by atoms with Gasteiger partial charge in [-0.2, -0.15) is 0 Å². The molecule has 0 amide bonds. The normalized spacial score (nSPS) is 15.3. The first-order valence-corrected chi connectivity index (χ1v) is 15.2. The monoisotopic (exact) mass is 573 g/mol. The van der Waals surface area contributed by atoms with Crippen molar-refractivity contribution in [1.29, 1.82) is 0 Å². The number of likely N-dealkylation sites (tertiary alicyclic amines) is 1. The summed E-state index contributed by atoms with van der Waals surface area (Å²) < 4.78 is 8.39. The van der Waals surface area contributed by atoms with Gasteiger partial charge in [0.1, 0.15) is 18.2 Å². The molecule has 0 aliphatic carbocycles. The van der Waals surface area contributed by atoms with Gasteiger partial charge in [0.2, 0.25) is 0 Å². The summed E-state index contributed by atoms with van der Waals surface area (Å²) in [5, 5.41) is 10.4. The average molecular weight is 574 g/mol. The Bertz CT molecular complexity index is 1410. The molecule has 1 N–H and O–H groups in total. The third-order valence-electron chi connectivity index (χ3n) is 8.41. The molecule has 6 nitrogen and oxygen atoms in total. The summed E-state index contributed by atoms with van der Waals surface area (Å²) >= 11 is 6.02. The number of para-hydroxylation sites is 1. The number of aromatic nitrogens is 2. The van der Waals surface area contributed by atoms with Crippen molar-refractivity contribution < 1.29 is 14.6 Å². The van der Waals surface area contributed by atoms with Gasteiger partial charge >= 0.3 is 5.97 Å². The zero-order valence-corrected chi connectivity index (χ0v) is 24.6. The molecule has 0 saturated carbocycles. The van der Waals surface area contributed by atoms with Gasteiger partial charge in [0, 0.05) is 11.6 Å². The fourth-order valence-electron chi connectivity index (χ4n) is 5.96. The standard InChI is InChI=1S/C34H40ClN3O3/c1-25-7-5-11-31-33(25)36-32(24-41-30-14-12-29(35)13-15-30)38(31)19-6-10-26-16-20-37(21-17-26)22-18-28(34(39)40)23-27-8-3-2-4-9-27/h2-5,7-9,11-15,26,28H,6,10,16-24H2,1H3,(H,39,40). The lowest BCUT2D eigenvalue weighted by Gasteiger charge is -2.32. The molecule has 1 saturated heterocycles. The molecule has 1 fully saturated rings. The number of aryl methyl sites for hydroxylation is 2.